The van der Waals surface area contributed by atoms with Gasteiger partial charge in [0, 0.05) is 57.5 Å². The number of guanidine groups is 1. The minimum absolute atomic E-state index is 0.129. The van der Waals surface area contributed by atoms with Gasteiger partial charge in [-0.25, -0.2) is 0 Å². The fraction of sp³-hybridized carbons (Fsp3) is 0.412. The van der Waals surface area contributed by atoms with E-state index in [4.69, 9.17) is 0 Å². The van der Waals surface area contributed by atoms with Gasteiger partial charge in [0.25, 0.3) is 5.91 Å². The number of amides is 1. The molecule has 0 fully saturated rings. The Balaban J connectivity index is 1.66. The number of carbonyl (C=O) groups excluding carboxylic acids is 1. The summed E-state index contributed by atoms with van der Waals surface area (Å²) in [4.78, 5) is 20.4. The van der Waals surface area contributed by atoms with E-state index in [1.165, 1.54) is 0 Å². The predicted molar refractivity (Wildman–Crippen MR) is 97.4 cm³/mol. The van der Waals surface area contributed by atoms with Gasteiger partial charge in [0.05, 0.1) is 5.56 Å². The Bertz CT molecular complexity index is 640. The molecule has 0 spiro atoms. The largest absolute Gasteiger partial charge is 0.357 e. The number of carbonyl (C=O) groups is 1. The third kappa shape index (κ3) is 7.03. The van der Waals surface area contributed by atoms with Gasteiger partial charge in [0.1, 0.15) is 0 Å². The first-order chi connectivity index (χ1) is 12.3. The number of nitrogens with zero attached hydrogens (tertiary/aromatic N) is 4. The molecule has 0 aliphatic heterocycles. The zero-order valence-electron chi connectivity index (χ0n) is 14.5. The lowest BCUT2D eigenvalue weighted by molar-refractivity contribution is 0.0954. The zero-order valence-corrected chi connectivity index (χ0v) is 14.5. The minimum atomic E-state index is -0.129. The van der Waals surface area contributed by atoms with Crippen LogP contribution in [0.15, 0.2) is 48.0 Å². The Morgan fingerprint density at radius 3 is 2.80 bits per heavy atom. The molecular weight excluding hydrogens is 318 g/mol. The Kier molecular flexibility index (Phi) is 7.96. The molecule has 0 saturated heterocycles. The van der Waals surface area contributed by atoms with Gasteiger partial charge >= 0.3 is 0 Å². The first-order valence-corrected chi connectivity index (χ1v) is 8.47. The quantitative estimate of drug-likeness (QED) is 0.353. The van der Waals surface area contributed by atoms with Crippen LogP contribution in [0.2, 0.25) is 0 Å². The van der Waals surface area contributed by atoms with E-state index in [1.807, 2.05) is 23.9 Å². The molecule has 0 aromatic carbocycles. The number of rotatable bonds is 9. The molecule has 2 rings (SSSR count). The van der Waals surface area contributed by atoms with Crippen molar-refractivity contribution in [2.75, 3.05) is 26.2 Å². The number of hydrogen-bond acceptors (Lipinski definition) is 4. The van der Waals surface area contributed by atoms with Crippen LogP contribution in [0.3, 0.4) is 0 Å². The molecular formula is C17H25N7O. The van der Waals surface area contributed by atoms with Crippen LogP contribution in [0, 0.1) is 0 Å². The molecule has 0 saturated carbocycles. The Morgan fingerprint density at radius 2 is 2.08 bits per heavy atom. The van der Waals surface area contributed by atoms with Gasteiger partial charge in [-0.1, -0.05) is 0 Å². The van der Waals surface area contributed by atoms with Gasteiger partial charge in [-0.2, -0.15) is 5.10 Å². The summed E-state index contributed by atoms with van der Waals surface area (Å²) in [6, 6.07) is 5.39. The maximum absolute atomic E-state index is 11.9. The molecule has 1 amide bonds. The highest BCUT2D eigenvalue weighted by atomic mass is 16.1. The van der Waals surface area contributed by atoms with Gasteiger partial charge in [-0.05, 0) is 31.5 Å². The lowest BCUT2D eigenvalue weighted by Gasteiger charge is -2.12. The van der Waals surface area contributed by atoms with Gasteiger partial charge in [0.15, 0.2) is 5.96 Å². The van der Waals surface area contributed by atoms with E-state index in [2.05, 4.69) is 31.0 Å². The van der Waals surface area contributed by atoms with E-state index in [0.717, 1.165) is 25.5 Å². The third-order valence-electron chi connectivity index (χ3n) is 3.35. The van der Waals surface area contributed by atoms with Crippen molar-refractivity contribution in [3.05, 3.63) is 48.5 Å². The fourth-order valence-electron chi connectivity index (χ4n) is 2.15. The maximum atomic E-state index is 11.9. The van der Waals surface area contributed by atoms with Crippen LogP contribution in [0.25, 0.3) is 0 Å². The number of hydrogen-bond donors (Lipinski definition) is 3. The highest BCUT2D eigenvalue weighted by molar-refractivity contribution is 5.93. The second kappa shape index (κ2) is 10.8. The number of nitrogens with one attached hydrogen (secondary N) is 3. The SMILES string of the molecule is CCNC(=NCCCn1cccn1)NCCNC(=O)c1cccnc1. The van der Waals surface area contributed by atoms with E-state index in [1.54, 1.807) is 30.7 Å². The van der Waals surface area contributed by atoms with Gasteiger partial charge in [0.2, 0.25) is 0 Å². The smallest absolute Gasteiger partial charge is 0.252 e. The van der Waals surface area contributed by atoms with Crippen molar-refractivity contribution in [1.82, 2.24) is 30.7 Å². The molecule has 134 valence electrons. The van der Waals surface area contributed by atoms with Crippen LogP contribution < -0.4 is 16.0 Å². The Hall–Kier alpha value is -2.90. The molecule has 0 atom stereocenters. The lowest BCUT2D eigenvalue weighted by atomic mass is 10.3. The van der Waals surface area contributed by atoms with Gasteiger partial charge < -0.3 is 16.0 Å². The predicted octanol–water partition coefficient (Wildman–Crippen LogP) is 0.653. The second-order valence-corrected chi connectivity index (χ2v) is 5.31. The van der Waals surface area contributed by atoms with E-state index in [-0.39, 0.29) is 5.91 Å². The fourth-order valence-corrected chi connectivity index (χ4v) is 2.15. The van der Waals surface area contributed by atoms with E-state index < -0.39 is 0 Å². The van der Waals surface area contributed by atoms with Crippen molar-refractivity contribution in [3.63, 3.8) is 0 Å². The molecule has 3 N–H and O–H groups in total. The third-order valence-corrected chi connectivity index (χ3v) is 3.35. The summed E-state index contributed by atoms with van der Waals surface area (Å²) in [5, 5.41) is 13.4. The number of aryl methyl sites for hydroxylation is 1. The Labute approximate surface area is 147 Å². The van der Waals surface area contributed by atoms with Crippen molar-refractivity contribution < 1.29 is 4.79 Å². The summed E-state index contributed by atoms with van der Waals surface area (Å²) in [7, 11) is 0. The van der Waals surface area contributed by atoms with Gasteiger partial charge in [-0.3, -0.25) is 19.5 Å². The highest BCUT2D eigenvalue weighted by Gasteiger charge is 2.04. The molecule has 2 aromatic heterocycles. The molecule has 8 heteroatoms. The number of aromatic nitrogens is 3. The monoisotopic (exact) mass is 343 g/mol. The van der Waals surface area contributed by atoms with Crippen molar-refractivity contribution in [3.8, 4) is 0 Å². The molecule has 2 heterocycles. The minimum Gasteiger partial charge on any atom is -0.357 e. The summed E-state index contributed by atoms with van der Waals surface area (Å²) in [6.45, 7) is 5.45. The summed E-state index contributed by atoms with van der Waals surface area (Å²) in [5.74, 6) is 0.620. The standard InChI is InChI=1S/C17H25N7O/c1-2-19-17(21-8-4-12-24-13-5-9-23-24)22-11-10-20-16(25)15-6-3-7-18-14-15/h3,5-7,9,13-14H,2,4,8,10-12H2,1H3,(H,20,25)(H2,19,21,22). The Morgan fingerprint density at radius 1 is 1.20 bits per heavy atom. The van der Waals surface area contributed by atoms with E-state index in [9.17, 15) is 4.79 Å². The number of pyridine rings is 1. The van der Waals surface area contributed by atoms with Crippen LogP contribution >= 0.6 is 0 Å². The molecule has 2 aromatic rings. The summed E-state index contributed by atoms with van der Waals surface area (Å²) in [5.41, 5.74) is 0.557. The molecule has 0 bridgehead atoms. The van der Waals surface area contributed by atoms with Crippen molar-refractivity contribution >= 4 is 11.9 Å². The second-order valence-electron chi connectivity index (χ2n) is 5.31. The normalized spacial score (nSPS) is 11.2. The van der Waals surface area contributed by atoms with Gasteiger partial charge in [-0.15, -0.1) is 0 Å². The molecule has 0 aliphatic rings. The molecule has 8 nitrogen and oxygen atoms in total. The first-order valence-electron chi connectivity index (χ1n) is 8.47. The summed E-state index contributed by atoms with van der Waals surface area (Å²) < 4.78 is 1.89. The van der Waals surface area contributed by atoms with Crippen molar-refractivity contribution in [2.24, 2.45) is 4.99 Å². The molecule has 0 unspecified atom stereocenters. The molecule has 0 aliphatic carbocycles. The van der Waals surface area contributed by atoms with Crippen LogP contribution in [0.1, 0.15) is 23.7 Å². The van der Waals surface area contributed by atoms with Crippen LogP contribution in [0.4, 0.5) is 0 Å². The van der Waals surface area contributed by atoms with E-state index >= 15 is 0 Å². The highest BCUT2D eigenvalue weighted by Crippen LogP contribution is 1.94. The van der Waals surface area contributed by atoms with Crippen molar-refractivity contribution in [1.29, 1.82) is 0 Å². The van der Waals surface area contributed by atoms with Crippen LogP contribution in [-0.4, -0.2) is 52.8 Å². The maximum Gasteiger partial charge on any atom is 0.252 e. The van der Waals surface area contributed by atoms with Crippen LogP contribution in [0.5, 0.6) is 0 Å². The summed E-state index contributed by atoms with van der Waals surface area (Å²) >= 11 is 0. The zero-order chi connectivity index (χ0) is 17.7. The molecule has 25 heavy (non-hydrogen) atoms. The molecule has 0 radical (unpaired) electrons. The average molecular weight is 343 g/mol. The topological polar surface area (TPSA) is 96.2 Å². The lowest BCUT2D eigenvalue weighted by Crippen LogP contribution is -2.41. The average Bonchev–Trinajstić information content (AvgIpc) is 3.16. The summed E-state index contributed by atoms with van der Waals surface area (Å²) in [6.07, 6.45) is 7.82. The van der Waals surface area contributed by atoms with E-state index in [0.29, 0.717) is 25.2 Å². The van der Waals surface area contributed by atoms with Crippen LogP contribution in [-0.2, 0) is 6.54 Å². The first kappa shape index (κ1) is 18.4. The van der Waals surface area contributed by atoms with Crippen molar-refractivity contribution in [2.45, 2.75) is 19.9 Å². The number of aliphatic imine (C=N–C) groups is 1.